The number of anilines is 1. The molecule has 3 unspecified atom stereocenters. The summed E-state index contributed by atoms with van der Waals surface area (Å²) < 4.78 is 1.89. The van der Waals surface area contributed by atoms with E-state index >= 15 is 0 Å². The first kappa shape index (κ1) is 17.4. The Labute approximate surface area is 163 Å². The lowest BCUT2D eigenvalue weighted by atomic mass is 9.82. The zero-order valence-corrected chi connectivity index (χ0v) is 15.9. The number of fused-ring (bicyclic) bond motifs is 4. The molecule has 2 fully saturated rings. The fourth-order valence-electron chi connectivity index (χ4n) is 5.05. The summed E-state index contributed by atoms with van der Waals surface area (Å²) in [7, 11) is 0. The van der Waals surface area contributed by atoms with Crippen molar-refractivity contribution >= 4 is 17.5 Å². The standard InChI is InChI=1S/C22H23N3O3/c1-14-5-7-17(8-6-14)25-21(27)10-19(22(25)28)23-11-15-9-16(13-23)18-3-2-4-20(26)24(18)12-15/h2-8,15-16,19H,9-13H2,1H3. The van der Waals surface area contributed by atoms with Gasteiger partial charge in [-0.25, -0.2) is 4.90 Å². The summed E-state index contributed by atoms with van der Waals surface area (Å²) in [6.45, 7) is 4.14. The van der Waals surface area contributed by atoms with Crippen molar-refractivity contribution < 1.29 is 9.59 Å². The Morgan fingerprint density at radius 3 is 2.50 bits per heavy atom. The van der Waals surface area contributed by atoms with E-state index in [1.165, 1.54) is 4.90 Å². The monoisotopic (exact) mass is 377 g/mol. The molecule has 2 saturated heterocycles. The van der Waals surface area contributed by atoms with Crippen LogP contribution >= 0.6 is 0 Å². The maximum absolute atomic E-state index is 13.1. The number of carbonyl (C=O) groups excluding carboxylic acids is 2. The molecule has 0 radical (unpaired) electrons. The lowest BCUT2D eigenvalue weighted by Gasteiger charge is -2.44. The number of imide groups is 1. The van der Waals surface area contributed by atoms with Crippen LogP contribution in [0.3, 0.4) is 0 Å². The number of hydrogen-bond acceptors (Lipinski definition) is 4. The zero-order chi connectivity index (χ0) is 19.4. The first-order valence-corrected chi connectivity index (χ1v) is 9.88. The molecule has 2 aromatic rings. The molecule has 4 heterocycles. The SMILES string of the molecule is Cc1ccc(N2C(=O)CC(N3CC4CC(C3)c3cccc(=O)n3C4)C2=O)cc1. The molecular weight excluding hydrogens is 354 g/mol. The predicted octanol–water partition coefficient (Wildman–Crippen LogP) is 1.91. The van der Waals surface area contributed by atoms with Crippen molar-refractivity contribution in [2.24, 2.45) is 5.92 Å². The quantitative estimate of drug-likeness (QED) is 0.750. The summed E-state index contributed by atoms with van der Waals surface area (Å²) in [6, 6.07) is 12.6. The van der Waals surface area contributed by atoms with Crippen molar-refractivity contribution in [3.8, 4) is 0 Å². The number of rotatable bonds is 2. The molecular formula is C22H23N3O3. The van der Waals surface area contributed by atoms with Gasteiger partial charge in [-0.15, -0.1) is 0 Å². The number of amides is 2. The second-order valence-electron chi connectivity index (χ2n) is 8.27. The molecule has 6 nitrogen and oxygen atoms in total. The molecule has 0 N–H and O–H groups in total. The molecule has 3 aliphatic heterocycles. The molecule has 3 atom stereocenters. The highest BCUT2D eigenvalue weighted by molar-refractivity contribution is 6.22. The fraction of sp³-hybridized carbons (Fsp3) is 0.409. The Morgan fingerprint density at radius 2 is 1.71 bits per heavy atom. The van der Waals surface area contributed by atoms with E-state index in [0.29, 0.717) is 24.7 Å². The van der Waals surface area contributed by atoms with Crippen molar-refractivity contribution in [2.45, 2.75) is 38.3 Å². The molecule has 0 aliphatic carbocycles. The van der Waals surface area contributed by atoms with E-state index in [-0.39, 0.29) is 29.7 Å². The van der Waals surface area contributed by atoms with E-state index in [1.54, 1.807) is 6.07 Å². The number of aromatic nitrogens is 1. The topological polar surface area (TPSA) is 62.6 Å². The highest BCUT2D eigenvalue weighted by atomic mass is 16.2. The Hall–Kier alpha value is -2.73. The minimum absolute atomic E-state index is 0.0540. The normalized spacial score (nSPS) is 27.2. The van der Waals surface area contributed by atoms with E-state index in [0.717, 1.165) is 24.2 Å². The van der Waals surface area contributed by atoms with Crippen molar-refractivity contribution in [1.82, 2.24) is 9.47 Å². The molecule has 0 spiro atoms. The summed E-state index contributed by atoms with van der Waals surface area (Å²) in [4.78, 5) is 41.5. The van der Waals surface area contributed by atoms with Crippen LogP contribution in [0.4, 0.5) is 5.69 Å². The van der Waals surface area contributed by atoms with Gasteiger partial charge in [0.05, 0.1) is 18.2 Å². The van der Waals surface area contributed by atoms with E-state index in [9.17, 15) is 14.4 Å². The molecule has 144 valence electrons. The van der Waals surface area contributed by atoms with E-state index in [2.05, 4.69) is 4.90 Å². The Balaban J connectivity index is 1.41. The van der Waals surface area contributed by atoms with Gasteiger partial charge in [-0.05, 0) is 37.5 Å². The molecule has 1 aromatic heterocycles. The smallest absolute Gasteiger partial charge is 0.251 e. The van der Waals surface area contributed by atoms with Gasteiger partial charge in [0.1, 0.15) is 0 Å². The van der Waals surface area contributed by atoms with Crippen molar-refractivity contribution in [3.05, 3.63) is 64.1 Å². The van der Waals surface area contributed by atoms with Gasteiger partial charge in [-0.1, -0.05) is 23.8 Å². The minimum atomic E-state index is -0.402. The summed E-state index contributed by atoms with van der Waals surface area (Å²) in [5.74, 6) is 0.311. The van der Waals surface area contributed by atoms with E-state index < -0.39 is 6.04 Å². The van der Waals surface area contributed by atoms with Crippen LogP contribution in [0.5, 0.6) is 0 Å². The maximum atomic E-state index is 13.1. The van der Waals surface area contributed by atoms with Crippen molar-refractivity contribution in [1.29, 1.82) is 0 Å². The highest BCUT2D eigenvalue weighted by Gasteiger charge is 2.46. The van der Waals surface area contributed by atoms with Gasteiger partial charge in [0, 0.05) is 37.3 Å². The Morgan fingerprint density at radius 1 is 0.929 bits per heavy atom. The van der Waals surface area contributed by atoms with Crippen LogP contribution in [-0.4, -0.2) is 40.4 Å². The van der Waals surface area contributed by atoms with Gasteiger partial charge in [-0.3, -0.25) is 19.3 Å². The number of carbonyl (C=O) groups is 2. The van der Waals surface area contributed by atoms with Gasteiger partial charge >= 0.3 is 0 Å². The van der Waals surface area contributed by atoms with Gasteiger partial charge in [0.2, 0.25) is 5.91 Å². The van der Waals surface area contributed by atoms with Gasteiger partial charge in [-0.2, -0.15) is 0 Å². The molecule has 1 aromatic carbocycles. The van der Waals surface area contributed by atoms with Crippen molar-refractivity contribution in [3.63, 3.8) is 0 Å². The third-order valence-corrected chi connectivity index (χ3v) is 6.36. The average Bonchev–Trinajstić information content (AvgIpc) is 2.98. The van der Waals surface area contributed by atoms with Gasteiger partial charge < -0.3 is 4.57 Å². The van der Waals surface area contributed by atoms with Gasteiger partial charge in [0.15, 0.2) is 0 Å². The summed E-state index contributed by atoms with van der Waals surface area (Å²) in [6.07, 6.45) is 1.27. The summed E-state index contributed by atoms with van der Waals surface area (Å²) >= 11 is 0. The van der Waals surface area contributed by atoms with Crippen LogP contribution in [0, 0.1) is 12.8 Å². The zero-order valence-electron chi connectivity index (χ0n) is 15.9. The third-order valence-electron chi connectivity index (χ3n) is 6.36. The molecule has 5 rings (SSSR count). The third kappa shape index (κ3) is 2.71. The molecule has 0 saturated carbocycles. The first-order valence-electron chi connectivity index (χ1n) is 9.88. The average molecular weight is 377 g/mol. The van der Waals surface area contributed by atoms with Crippen LogP contribution in [0.2, 0.25) is 0 Å². The van der Waals surface area contributed by atoms with Crippen LogP contribution in [-0.2, 0) is 16.1 Å². The number of hydrogen-bond donors (Lipinski definition) is 0. The van der Waals surface area contributed by atoms with Crippen LogP contribution in [0.25, 0.3) is 0 Å². The van der Waals surface area contributed by atoms with Crippen LogP contribution < -0.4 is 10.5 Å². The first-order chi connectivity index (χ1) is 13.5. The number of likely N-dealkylation sites (tertiary alicyclic amines) is 1. The fourth-order valence-corrected chi connectivity index (χ4v) is 5.05. The van der Waals surface area contributed by atoms with E-state index in [4.69, 9.17) is 0 Å². The largest absolute Gasteiger partial charge is 0.312 e. The lowest BCUT2D eigenvalue weighted by molar-refractivity contribution is -0.123. The van der Waals surface area contributed by atoms with E-state index in [1.807, 2.05) is 47.9 Å². The number of pyridine rings is 1. The van der Waals surface area contributed by atoms with Crippen LogP contribution in [0.15, 0.2) is 47.3 Å². The maximum Gasteiger partial charge on any atom is 0.251 e. The molecule has 2 amide bonds. The number of nitrogens with zero attached hydrogens (tertiary/aromatic N) is 3. The van der Waals surface area contributed by atoms with Crippen molar-refractivity contribution in [2.75, 3.05) is 18.0 Å². The second kappa shape index (κ2) is 6.41. The van der Waals surface area contributed by atoms with Gasteiger partial charge in [0.25, 0.3) is 11.5 Å². The predicted molar refractivity (Wildman–Crippen MR) is 105 cm³/mol. The minimum Gasteiger partial charge on any atom is -0.312 e. The molecule has 28 heavy (non-hydrogen) atoms. The summed E-state index contributed by atoms with van der Waals surface area (Å²) in [5, 5.41) is 0. The molecule has 3 aliphatic rings. The number of benzene rings is 1. The number of aryl methyl sites for hydroxylation is 1. The summed E-state index contributed by atoms with van der Waals surface area (Å²) in [5.41, 5.74) is 2.85. The number of piperidine rings is 1. The molecule has 6 heteroatoms. The molecule has 2 bridgehead atoms. The van der Waals surface area contributed by atoms with Crippen LogP contribution in [0.1, 0.15) is 30.0 Å². The Kier molecular flexibility index (Phi) is 3.98. The Bertz CT molecular complexity index is 1010. The highest BCUT2D eigenvalue weighted by Crippen LogP contribution is 2.37. The second-order valence-corrected chi connectivity index (χ2v) is 8.27. The lowest BCUT2D eigenvalue weighted by Crippen LogP contribution is -2.52.